The molecule has 0 atom stereocenters. The largest absolute Gasteiger partial charge is 0.458 e. The molecule has 1 heterocycles. The molecule has 0 bridgehead atoms. The molecule has 0 saturated heterocycles. The lowest BCUT2D eigenvalue weighted by atomic mass is 9.96. The fourth-order valence-electron chi connectivity index (χ4n) is 1.88. The maximum absolute atomic E-state index is 11.9. The number of aromatic amines is 1. The molecule has 1 fully saturated rings. The predicted molar refractivity (Wildman–Crippen MR) is 68.7 cm³/mol. The van der Waals surface area contributed by atoms with Gasteiger partial charge in [-0.05, 0) is 25.7 Å². The van der Waals surface area contributed by atoms with Crippen LogP contribution in [0.15, 0.2) is 4.90 Å². The van der Waals surface area contributed by atoms with Gasteiger partial charge in [0.15, 0.2) is 5.69 Å². The van der Waals surface area contributed by atoms with Gasteiger partial charge in [-0.3, -0.25) is 5.10 Å². The summed E-state index contributed by atoms with van der Waals surface area (Å²) in [6.07, 6.45) is 3.65. The number of hydrogen-bond donors (Lipinski definition) is 1. The maximum Gasteiger partial charge on any atom is 0.360 e. The smallest absolute Gasteiger partial charge is 0.360 e. The second-order valence-corrected chi connectivity index (χ2v) is 7.03. The lowest BCUT2D eigenvalue weighted by Crippen LogP contribution is -2.25. The van der Waals surface area contributed by atoms with E-state index in [1.165, 1.54) is 0 Å². The van der Waals surface area contributed by atoms with Gasteiger partial charge in [-0.1, -0.05) is 13.3 Å². The van der Waals surface area contributed by atoms with Crippen LogP contribution in [0.3, 0.4) is 0 Å². The first-order valence-electron chi connectivity index (χ1n) is 6.16. The molecule has 1 aliphatic carbocycles. The average Bonchev–Trinajstić information content (AvgIpc) is 2.67. The molecule has 0 spiro atoms. The van der Waals surface area contributed by atoms with Crippen LogP contribution in [0.25, 0.3) is 0 Å². The Morgan fingerprint density at radius 1 is 1.53 bits per heavy atom. The van der Waals surface area contributed by atoms with Gasteiger partial charge < -0.3 is 4.74 Å². The summed E-state index contributed by atoms with van der Waals surface area (Å²) in [4.78, 5) is 11.7. The van der Waals surface area contributed by atoms with Gasteiger partial charge in [0.05, 0.1) is 5.69 Å². The molecule has 0 amide bonds. The zero-order valence-corrected chi connectivity index (χ0v) is 12.1. The SMILES string of the molecule is CCCc1[nH]nc(C(=O)OC2CCC2)c1S(=O)(=O)Cl. The van der Waals surface area contributed by atoms with E-state index >= 15 is 0 Å². The van der Waals surface area contributed by atoms with Crippen molar-refractivity contribution in [2.75, 3.05) is 0 Å². The first kappa shape index (κ1) is 14.3. The average molecular weight is 307 g/mol. The molecular weight excluding hydrogens is 292 g/mol. The van der Waals surface area contributed by atoms with Gasteiger partial charge in [-0.2, -0.15) is 5.10 Å². The molecule has 8 heteroatoms. The van der Waals surface area contributed by atoms with E-state index in [9.17, 15) is 13.2 Å². The highest BCUT2D eigenvalue weighted by molar-refractivity contribution is 8.13. The van der Waals surface area contributed by atoms with Crippen molar-refractivity contribution in [2.24, 2.45) is 0 Å². The van der Waals surface area contributed by atoms with E-state index in [2.05, 4.69) is 10.2 Å². The number of hydrogen-bond acceptors (Lipinski definition) is 5. The zero-order valence-electron chi connectivity index (χ0n) is 10.5. The van der Waals surface area contributed by atoms with Crippen LogP contribution in [-0.4, -0.2) is 30.7 Å². The van der Waals surface area contributed by atoms with Crippen LogP contribution in [0.2, 0.25) is 0 Å². The minimum Gasteiger partial charge on any atom is -0.458 e. The van der Waals surface area contributed by atoms with Crippen LogP contribution in [0.4, 0.5) is 0 Å². The first-order chi connectivity index (χ1) is 8.93. The predicted octanol–water partition coefficient (Wildman–Crippen LogP) is 2.00. The molecule has 0 aliphatic heterocycles. The molecule has 2 rings (SSSR count). The molecule has 1 aliphatic rings. The van der Waals surface area contributed by atoms with Crippen molar-refractivity contribution in [2.45, 2.75) is 50.0 Å². The van der Waals surface area contributed by atoms with Crippen molar-refractivity contribution >= 4 is 25.7 Å². The molecule has 1 N–H and O–H groups in total. The normalized spacial score (nSPS) is 16.1. The summed E-state index contributed by atoms with van der Waals surface area (Å²) in [5.74, 6) is -0.734. The second-order valence-electron chi connectivity index (χ2n) is 4.53. The third kappa shape index (κ3) is 3.09. The van der Waals surface area contributed by atoms with E-state index in [4.69, 9.17) is 15.4 Å². The number of ether oxygens (including phenoxy) is 1. The Labute approximate surface area is 115 Å². The summed E-state index contributed by atoms with van der Waals surface area (Å²) in [6.45, 7) is 1.89. The van der Waals surface area contributed by atoms with Gasteiger partial charge in [-0.15, -0.1) is 0 Å². The molecule has 1 aromatic heterocycles. The first-order valence-corrected chi connectivity index (χ1v) is 8.47. The van der Waals surface area contributed by atoms with Crippen LogP contribution in [0.5, 0.6) is 0 Å². The van der Waals surface area contributed by atoms with E-state index in [0.29, 0.717) is 18.5 Å². The van der Waals surface area contributed by atoms with Gasteiger partial charge in [0, 0.05) is 10.7 Å². The Morgan fingerprint density at radius 3 is 2.68 bits per heavy atom. The van der Waals surface area contributed by atoms with E-state index < -0.39 is 15.0 Å². The van der Waals surface area contributed by atoms with Crippen molar-refractivity contribution in [1.82, 2.24) is 10.2 Å². The van der Waals surface area contributed by atoms with E-state index in [-0.39, 0.29) is 16.7 Å². The fourth-order valence-corrected chi connectivity index (χ4v) is 3.18. The Bertz CT molecular complexity index is 578. The number of esters is 1. The number of aromatic nitrogens is 2. The molecular formula is C11H15ClN2O4S. The highest BCUT2D eigenvalue weighted by Gasteiger charge is 2.31. The second kappa shape index (κ2) is 5.50. The van der Waals surface area contributed by atoms with Gasteiger partial charge in [0.25, 0.3) is 9.05 Å². The number of halogens is 1. The molecule has 1 aromatic rings. The number of nitrogens with zero attached hydrogens (tertiary/aromatic N) is 1. The Morgan fingerprint density at radius 2 is 2.21 bits per heavy atom. The van der Waals surface area contributed by atoms with Gasteiger partial charge >= 0.3 is 5.97 Å². The molecule has 0 aromatic carbocycles. The minimum absolute atomic E-state index is 0.135. The van der Waals surface area contributed by atoms with Crippen molar-refractivity contribution in [3.05, 3.63) is 11.4 Å². The molecule has 0 radical (unpaired) electrons. The van der Waals surface area contributed by atoms with Crippen LogP contribution in [-0.2, 0) is 20.2 Å². The quantitative estimate of drug-likeness (QED) is 0.664. The summed E-state index contributed by atoms with van der Waals surface area (Å²) < 4.78 is 28.3. The Hall–Kier alpha value is -1.08. The van der Waals surface area contributed by atoms with Gasteiger partial charge in [0.1, 0.15) is 11.0 Å². The number of H-pyrrole nitrogens is 1. The van der Waals surface area contributed by atoms with Crippen molar-refractivity contribution < 1.29 is 17.9 Å². The van der Waals surface area contributed by atoms with Gasteiger partial charge in [-0.25, -0.2) is 13.2 Å². The van der Waals surface area contributed by atoms with Crippen molar-refractivity contribution in [3.63, 3.8) is 0 Å². The minimum atomic E-state index is -4.03. The van der Waals surface area contributed by atoms with Crippen molar-refractivity contribution in [1.29, 1.82) is 0 Å². The van der Waals surface area contributed by atoms with Gasteiger partial charge in [0.2, 0.25) is 0 Å². The number of carbonyl (C=O) groups is 1. The Kier molecular flexibility index (Phi) is 4.15. The standard InChI is InChI=1S/C11H15ClN2O4S/c1-2-4-8-10(19(12,16)17)9(14-13-8)11(15)18-7-5-3-6-7/h7H,2-6H2,1H3,(H,13,14). The molecule has 1 saturated carbocycles. The lowest BCUT2D eigenvalue weighted by molar-refractivity contribution is 0.00795. The fraction of sp³-hybridized carbons (Fsp3) is 0.636. The van der Waals surface area contributed by atoms with E-state index in [1.807, 2.05) is 6.92 Å². The van der Waals surface area contributed by atoms with Crippen LogP contribution >= 0.6 is 10.7 Å². The third-order valence-electron chi connectivity index (χ3n) is 3.05. The van der Waals surface area contributed by atoms with Crippen LogP contribution < -0.4 is 0 Å². The molecule has 0 unspecified atom stereocenters. The summed E-state index contributed by atoms with van der Waals surface area (Å²) in [5.41, 5.74) is 0.100. The van der Waals surface area contributed by atoms with Crippen LogP contribution in [0.1, 0.15) is 48.8 Å². The summed E-state index contributed by atoms with van der Waals surface area (Å²) in [7, 11) is 1.34. The summed E-state index contributed by atoms with van der Waals surface area (Å²) in [6, 6.07) is 0. The molecule has 6 nitrogen and oxygen atoms in total. The highest BCUT2D eigenvalue weighted by Crippen LogP contribution is 2.27. The number of carbonyl (C=O) groups excluding carboxylic acids is 1. The number of rotatable bonds is 5. The summed E-state index contributed by atoms with van der Waals surface area (Å²) in [5, 5.41) is 6.31. The van der Waals surface area contributed by atoms with E-state index in [0.717, 1.165) is 19.3 Å². The number of nitrogens with one attached hydrogen (secondary N) is 1. The maximum atomic E-state index is 11.9. The van der Waals surface area contributed by atoms with Crippen molar-refractivity contribution in [3.8, 4) is 0 Å². The monoisotopic (exact) mass is 306 g/mol. The topological polar surface area (TPSA) is 89.1 Å². The van der Waals surface area contributed by atoms with Crippen LogP contribution in [0, 0.1) is 0 Å². The Balaban J connectivity index is 2.31. The lowest BCUT2D eigenvalue weighted by Gasteiger charge is -2.24. The molecule has 19 heavy (non-hydrogen) atoms. The molecule has 106 valence electrons. The summed E-state index contributed by atoms with van der Waals surface area (Å²) >= 11 is 0. The third-order valence-corrected chi connectivity index (χ3v) is 4.45. The zero-order chi connectivity index (χ0) is 14.0. The highest BCUT2D eigenvalue weighted by atomic mass is 35.7. The van der Waals surface area contributed by atoms with E-state index in [1.54, 1.807) is 0 Å². The number of aryl methyl sites for hydroxylation is 1.